The van der Waals surface area contributed by atoms with Crippen molar-refractivity contribution in [1.82, 2.24) is 9.80 Å². The zero-order chi connectivity index (χ0) is 27.3. The number of halogens is 1. The van der Waals surface area contributed by atoms with E-state index in [0.29, 0.717) is 30.2 Å². The van der Waals surface area contributed by atoms with Gasteiger partial charge in [-0.05, 0) is 36.2 Å². The topological polar surface area (TPSA) is 81.2 Å². The number of rotatable bonds is 5. The lowest BCUT2D eigenvalue weighted by Gasteiger charge is -2.38. The Morgan fingerprint density at radius 3 is 2.46 bits per heavy atom. The van der Waals surface area contributed by atoms with Gasteiger partial charge in [-0.1, -0.05) is 66.2 Å². The summed E-state index contributed by atoms with van der Waals surface area (Å²) >= 11 is 7.67. The number of nitrogens with zero attached hydrogens (tertiary/aromatic N) is 3. The van der Waals surface area contributed by atoms with E-state index in [4.69, 9.17) is 11.6 Å². The molecule has 0 saturated carbocycles. The first-order chi connectivity index (χ1) is 18.9. The summed E-state index contributed by atoms with van der Waals surface area (Å²) in [6, 6.07) is 15.2. The number of likely N-dealkylation sites (tertiary alicyclic amines) is 1. The summed E-state index contributed by atoms with van der Waals surface area (Å²) in [6.45, 7) is 0.514. The van der Waals surface area contributed by atoms with Crippen LogP contribution < -0.4 is 4.90 Å². The van der Waals surface area contributed by atoms with Crippen molar-refractivity contribution < 1.29 is 19.5 Å². The molecule has 1 N–H and O–H groups in total. The largest absolute Gasteiger partial charge is 0.394 e. The number of aliphatic hydroxyl groups is 1. The minimum Gasteiger partial charge on any atom is -0.394 e. The summed E-state index contributed by atoms with van der Waals surface area (Å²) in [5, 5.41) is 11.0. The molecule has 0 radical (unpaired) electrons. The van der Waals surface area contributed by atoms with E-state index in [9.17, 15) is 19.5 Å². The third-order valence-corrected chi connectivity index (χ3v) is 10.4. The van der Waals surface area contributed by atoms with Crippen LogP contribution in [-0.2, 0) is 20.8 Å². The van der Waals surface area contributed by atoms with Crippen LogP contribution in [0.4, 0.5) is 5.69 Å². The number of thioether (sulfide) groups is 1. The molecule has 39 heavy (non-hydrogen) atoms. The van der Waals surface area contributed by atoms with Crippen molar-refractivity contribution in [2.45, 2.75) is 28.5 Å². The maximum atomic E-state index is 14.5. The Labute approximate surface area is 237 Å². The highest BCUT2D eigenvalue weighted by Crippen LogP contribution is 2.61. The quantitative estimate of drug-likeness (QED) is 0.565. The van der Waals surface area contributed by atoms with Crippen LogP contribution in [0.15, 0.2) is 78.9 Å². The van der Waals surface area contributed by atoms with Gasteiger partial charge in [0.1, 0.15) is 6.04 Å². The third-order valence-electron chi connectivity index (χ3n) is 8.35. The Kier molecular flexibility index (Phi) is 6.81. The van der Waals surface area contributed by atoms with Crippen molar-refractivity contribution in [3.8, 4) is 0 Å². The Bertz CT molecular complexity index is 1350. The van der Waals surface area contributed by atoms with E-state index >= 15 is 0 Å². The lowest BCUT2D eigenvalue weighted by Crippen LogP contribution is -2.57. The fourth-order valence-electron chi connectivity index (χ4n) is 6.59. The van der Waals surface area contributed by atoms with E-state index in [-0.39, 0.29) is 29.6 Å². The number of benzene rings is 2. The van der Waals surface area contributed by atoms with E-state index in [1.165, 1.54) is 0 Å². The Morgan fingerprint density at radius 1 is 1.00 bits per heavy atom. The van der Waals surface area contributed by atoms with Gasteiger partial charge in [-0.3, -0.25) is 14.4 Å². The zero-order valence-electron chi connectivity index (χ0n) is 21.5. The average Bonchev–Trinajstić information content (AvgIpc) is 3.27. The van der Waals surface area contributed by atoms with Crippen LogP contribution >= 0.6 is 23.4 Å². The molecule has 2 aromatic rings. The van der Waals surface area contributed by atoms with Gasteiger partial charge in [0.05, 0.1) is 29.2 Å². The molecular weight excluding hydrogens is 534 g/mol. The lowest BCUT2D eigenvalue weighted by molar-refractivity contribution is -0.144. The molecule has 2 saturated heterocycles. The second-order valence-corrected chi connectivity index (χ2v) is 12.5. The first-order valence-electron chi connectivity index (χ1n) is 13.2. The fraction of sp³-hybridized carbons (Fsp3) is 0.367. The van der Waals surface area contributed by atoms with Crippen molar-refractivity contribution in [2.75, 3.05) is 31.6 Å². The maximum Gasteiger partial charge on any atom is 0.251 e. The molecule has 9 heteroatoms. The molecule has 0 aromatic heterocycles. The van der Waals surface area contributed by atoms with Crippen LogP contribution in [-0.4, -0.2) is 81.5 Å². The highest BCUT2D eigenvalue weighted by atomic mass is 35.5. The molecule has 0 aliphatic carbocycles. The molecule has 4 aliphatic heterocycles. The first-order valence-corrected chi connectivity index (χ1v) is 14.4. The van der Waals surface area contributed by atoms with Crippen molar-refractivity contribution in [1.29, 1.82) is 0 Å². The molecule has 6 atom stereocenters. The smallest absolute Gasteiger partial charge is 0.251 e. The summed E-state index contributed by atoms with van der Waals surface area (Å²) in [7, 11) is 1.75. The summed E-state index contributed by atoms with van der Waals surface area (Å²) in [5.41, 5.74) is 1.64. The normalized spacial score (nSPS) is 30.6. The third kappa shape index (κ3) is 4.20. The van der Waals surface area contributed by atoms with Crippen LogP contribution in [0.1, 0.15) is 5.56 Å². The average molecular weight is 564 g/mol. The molecule has 3 amide bonds. The van der Waals surface area contributed by atoms with Crippen LogP contribution in [0.25, 0.3) is 0 Å². The number of anilines is 1. The molecule has 4 heterocycles. The van der Waals surface area contributed by atoms with Crippen molar-refractivity contribution >= 4 is 46.8 Å². The van der Waals surface area contributed by atoms with E-state index in [2.05, 4.69) is 0 Å². The highest BCUT2D eigenvalue weighted by molar-refractivity contribution is 8.02. The summed E-state index contributed by atoms with van der Waals surface area (Å²) in [4.78, 5) is 47.6. The number of hydrogen-bond donors (Lipinski definition) is 1. The first kappa shape index (κ1) is 26.2. The van der Waals surface area contributed by atoms with E-state index < -0.39 is 28.7 Å². The molecule has 202 valence electrons. The van der Waals surface area contributed by atoms with Crippen molar-refractivity contribution in [3.05, 3.63) is 89.5 Å². The second kappa shape index (κ2) is 10.2. The predicted octanol–water partition coefficient (Wildman–Crippen LogP) is 3.17. The SMILES string of the molecule is CN1CC=C[C@@H]2S[C@]34C=CCN(c5ccc(Cl)cc5)C(=O)C3N([C@@H](CO)Cc3ccccc3)C(=O)[C@@H]4[C@@H]2C1=O. The monoisotopic (exact) mass is 563 g/mol. The molecule has 2 aromatic carbocycles. The molecule has 7 nitrogen and oxygen atoms in total. The van der Waals surface area contributed by atoms with E-state index in [1.807, 2.05) is 54.6 Å². The highest BCUT2D eigenvalue weighted by Gasteiger charge is 2.71. The number of fused-ring (bicyclic) bond motifs is 2. The molecule has 4 aliphatic rings. The summed E-state index contributed by atoms with van der Waals surface area (Å²) < 4.78 is -0.938. The minimum atomic E-state index is -0.938. The number of amides is 3. The van der Waals surface area contributed by atoms with Gasteiger partial charge in [0.25, 0.3) is 5.91 Å². The van der Waals surface area contributed by atoms with Crippen LogP contribution in [0.5, 0.6) is 0 Å². The van der Waals surface area contributed by atoms with Crippen molar-refractivity contribution in [2.24, 2.45) is 11.8 Å². The van der Waals surface area contributed by atoms with Gasteiger partial charge in [0.15, 0.2) is 0 Å². The molecule has 0 bridgehead atoms. The van der Waals surface area contributed by atoms with Gasteiger partial charge in [0, 0.05) is 36.1 Å². The second-order valence-electron chi connectivity index (χ2n) is 10.6. The van der Waals surface area contributed by atoms with Gasteiger partial charge in [-0.15, -0.1) is 11.8 Å². The Hall–Kier alpha value is -3.07. The van der Waals surface area contributed by atoms with Crippen LogP contribution in [0, 0.1) is 11.8 Å². The zero-order valence-corrected chi connectivity index (χ0v) is 23.1. The number of aliphatic hydroxyl groups excluding tert-OH is 1. The van der Waals surface area contributed by atoms with Crippen molar-refractivity contribution in [3.63, 3.8) is 0 Å². The standard InChI is InChI=1S/C30H30ClN3O4S/c1-32-15-5-9-23-24(27(32)36)25-28(37)34(22(18-35)17-19-7-3-2-4-8-19)26-29(38)33(16-6-14-30(25,26)39-23)21-12-10-20(31)11-13-21/h2-14,22-26,35H,15-18H2,1H3/t22-,23+,24-,25+,26?,30+/m1/s1. The minimum absolute atomic E-state index is 0.0865. The number of hydrogen-bond acceptors (Lipinski definition) is 5. The van der Waals surface area contributed by atoms with Gasteiger partial charge >= 0.3 is 0 Å². The lowest BCUT2D eigenvalue weighted by atomic mass is 9.78. The van der Waals surface area contributed by atoms with Crippen LogP contribution in [0.3, 0.4) is 0 Å². The van der Waals surface area contributed by atoms with Crippen LogP contribution in [0.2, 0.25) is 5.02 Å². The number of carbonyl (C=O) groups excluding carboxylic acids is 3. The summed E-state index contributed by atoms with van der Waals surface area (Å²) in [5.74, 6) is -1.86. The van der Waals surface area contributed by atoms with Gasteiger partial charge in [0.2, 0.25) is 11.8 Å². The molecule has 2 fully saturated rings. The molecule has 1 spiro atoms. The maximum absolute atomic E-state index is 14.5. The predicted molar refractivity (Wildman–Crippen MR) is 152 cm³/mol. The van der Waals surface area contributed by atoms with Gasteiger partial charge in [-0.25, -0.2) is 0 Å². The van der Waals surface area contributed by atoms with Gasteiger partial charge < -0.3 is 19.8 Å². The number of carbonyl (C=O) groups is 3. The molecule has 6 rings (SSSR count). The number of likely N-dealkylation sites (N-methyl/N-ethyl adjacent to an activating group) is 1. The molecular formula is C30H30ClN3O4S. The summed E-state index contributed by atoms with van der Waals surface area (Å²) in [6.07, 6.45) is 8.32. The molecule has 1 unspecified atom stereocenters. The fourth-order valence-corrected chi connectivity index (χ4v) is 8.71. The Morgan fingerprint density at radius 2 is 1.74 bits per heavy atom. The van der Waals surface area contributed by atoms with E-state index in [0.717, 1.165) is 5.56 Å². The van der Waals surface area contributed by atoms with E-state index in [1.54, 1.807) is 57.8 Å². The van der Waals surface area contributed by atoms with Gasteiger partial charge in [-0.2, -0.15) is 0 Å². The Balaban J connectivity index is 1.48.